The van der Waals surface area contributed by atoms with Gasteiger partial charge in [0.25, 0.3) is 0 Å². The normalized spacial score (nSPS) is 15.5. The van der Waals surface area contributed by atoms with Crippen molar-refractivity contribution >= 4 is 23.2 Å². The molecule has 1 atom stereocenters. The summed E-state index contributed by atoms with van der Waals surface area (Å²) in [6.07, 6.45) is 2.05. The summed E-state index contributed by atoms with van der Waals surface area (Å²) in [6.45, 7) is 2.40. The molecule has 0 bridgehead atoms. The molecule has 6 nitrogen and oxygen atoms in total. The van der Waals surface area contributed by atoms with Gasteiger partial charge in [-0.25, -0.2) is 0 Å². The van der Waals surface area contributed by atoms with E-state index in [1.807, 2.05) is 18.2 Å². The van der Waals surface area contributed by atoms with Gasteiger partial charge in [-0.05, 0) is 43.5 Å². The molecule has 0 aliphatic carbocycles. The summed E-state index contributed by atoms with van der Waals surface area (Å²) in [4.78, 5) is 28.7. The largest absolute Gasteiger partial charge is 0.497 e. The van der Waals surface area contributed by atoms with Crippen LogP contribution >= 0.6 is 0 Å². The van der Waals surface area contributed by atoms with Gasteiger partial charge in [-0.1, -0.05) is 24.3 Å². The van der Waals surface area contributed by atoms with Crippen molar-refractivity contribution in [3.63, 3.8) is 0 Å². The van der Waals surface area contributed by atoms with Crippen LogP contribution in [0.5, 0.6) is 5.75 Å². The Morgan fingerprint density at radius 3 is 2.79 bits per heavy atom. The maximum atomic E-state index is 12.7. The van der Waals surface area contributed by atoms with Gasteiger partial charge >= 0.3 is 0 Å². The number of ether oxygens (including phenoxy) is 1. The second-order valence-electron chi connectivity index (χ2n) is 7.17. The van der Waals surface area contributed by atoms with Crippen LogP contribution < -0.4 is 15.0 Å². The van der Waals surface area contributed by atoms with Crippen molar-refractivity contribution in [1.82, 2.24) is 4.90 Å². The molecule has 2 aromatic rings. The van der Waals surface area contributed by atoms with E-state index in [-0.39, 0.29) is 30.9 Å². The number of amides is 2. The SMILES string of the molecule is COc1cccc(NC(=O)CN(C)C(=O)CN2c3ccccc3CCC2C)c1. The number of carbonyl (C=O) groups excluding carboxylic acids is 2. The standard InChI is InChI=1S/C22H27N3O3/c1-16-11-12-17-7-4-5-10-20(17)25(16)15-22(27)24(2)14-21(26)23-18-8-6-9-19(13-18)28-3/h4-10,13,16H,11-12,14-15H2,1-3H3,(H,23,26). The molecule has 1 heterocycles. The molecule has 0 saturated carbocycles. The number of hydrogen-bond acceptors (Lipinski definition) is 4. The van der Waals surface area contributed by atoms with E-state index in [2.05, 4.69) is 29.3 Å². The van der Waals surface area contributed by atoms with Crippen molar-refractivity contribution in [1.29, 1.82) is 0 Å². The summed E-state index contributed by atoms with van der Waals surface area (Å²) in [5, 5.41) is 2.80. The third-order valence-corrected chi connectivity index (χ3v) is 5.13. The topological polar surface area (TPSA) is 61.9 Å². The van der Waals surface area contributed by atoms with Crippen LogP contribution in [0.2, 0.25) is 0 Å². The van der Waals surface area contributed by atoms with Crippen LogP contribution in [0.1, 0.15) is 18.9 Å². The van der Waals surface area contributed by atoms with Crippen molar-refractivity contribution in [3.8, 4) is 5.75 Å². The van der Waals surface area contributed by atoms with Crippen molar-refractivity contribution in [2.24, 2.45) is 0 Å². The average Bonchev–Trinajstić information content (AvgIpc) is 2.70. The van der Waals surface area contributed by atoms with Crippen molar-refractivity contribution in [3.05, 3.63) is 54.1 Å². The van der Waals surface area contributed by atoms with Gasteiger partial charge in [0, 0.05) is 30.5 Å². The third kappa shape index (κ3) is 4.63. The fraction of sp³-hybridized carbons (Fsp3) is 0.364. The molecule has 0 radical (unpaired) electrons. The maximum Gasteiger partial charge on any atom is 0.243 e. The number of hydrogen-bond donors (Lipinski definition) is 1. The Hall–Kier alpha value is -3.02. The molecule has 0 saturated heterocycles. The van der Waals surface area contributed by atoms with E-state index in [4.69, 9.17) is 4.74 Å². The molecule has 28 heavy (non-hydrogen) atoms. The quantitative estimate of drug-likeness (QED) is 0.836. The Kier molecular flexibility index (Phi) is 6.19. The number of nitrogens with one attached hydrogen (secondary N) is 1. The zero-order chi connectivity index (χ0) is 20.1. The maximum absolute atomic E-state index is 12.7. The first-order chi connectivity index (χ1) is 13.5. The molecular formula is C22H27N3O3. The number of aryl methyl sites for hydroxylation is 1. The van der Waals surface area contributed by atoms with Gasteiger partial charge in [0.05, 0.1) is 20.2 Å². The molecule has 1 aliphatic heterocycles. The summed E-state index contributed by atoms with van der Waals surface area (Å²) in [5.41, 5.74) is 3.03. The Morgan fingerprint density at radius 2 is 2.00 bits per heavy atom. The highest BCUT2D eigenvalue weighted by atomic mass is 16.5. The van der Waals surface area contributed by atoms with Crippen LogP contribution in [0, 0.1) is 0 Å². The summed E-state index contributed by atoms with van der Waals surface area (Å²) in [6, 6.07) is 15.6. The Labute approximate surface area is 166 Å². The molecule has 0 fully saturated rings. The molecule has 3 rings (SSSR count). The summed E-state index contributed by atoms with van der Waals surface area (Å²) < 4.78 is 5.16. The minimum absolute atomic E-state index is 0.0000884. The van der Waals surface area contributed by atoms with Crippen LogP contribution in [0.4, 0.5) is 11.4 Å². The van der Waals surface area contributed by atoms with Crippen molar-refractivity contribution in [2.45, 2.75) is 25.8 Å². The average molecular weight is 381 g/mol. The highest BCUT2D eigenvalue weighted by Gasteiger charge is 2.26. The number of carbonyl (C=O) groups is 2. The highest BCUT2D eigenvalue weighted by molar-refractivity contribution is 5.95. The number of nitrogens with zero attached hydrogens (tertiary/aromatic N) is 2. The Balaban J connectivity index is 1.59. The van der Waals surface area contributed by atoms with Crippen LogP contribution in [0.3, 0.4) is 0 Å². The van der Waals surface area contributed by atoms with Crippen LogP contribution in [-0.4, -0.2) is 50.0 Å². The number of fused-ring (bicyclic) bond motifs is 1. The molecule has 148 valence electrons. The van der Waals surface area contributed by atoms with E-state index >= 15 is 0 Å². The predicted octanol–water partition coefficient (Wildman–Crippen LogP) is 2.93. The first-order valence-corrected chi connectivity index (χ1v) is 9.50. The molecular weight excluding hydrogens is 354 g/mol. The summed E-state index contributed by atoms with van der Waals surface area (Å²) >= 11 is 0. The van der Waals surface area contributed by atoms with E-state index in [9.17, 15) is 9.59 Å². The van der Waals surface area contributed by atoms with Gasteiger partial charge in [-0.3, -0.25) is 9.59 Å². The number of para-hydroxylation sites is 1. The number of anilines is 2. The lowest BCUT2D eigenvalue weighted by Crippen LogP contribution is -2.46. The third-order valence-electron chi connectivity index (χ3n) is 5.13. The molecule has 1 unspecified atom stereocenters. The van der Waals surface area contributed by atoms with E-state index in [0.29, 0.717) is 11.4 Å². The minimum Gasteiger partial charge on any atom is -0.497 e. The van der Waals surface area contributed by atoms with Gasteiger partial charge in [0.15, 0.2) is 0 Å². The number of rotatable bonds is 6. The number of methoxy groups -OCH3 is 1. The second kappa shape index (κ2) is 8.78. The minimum atomic E-state index is -0.240. The Morgan fingerprint density at radius 1 is 1.21 bits per heavy atom. The van der Waals surface area contributed by atoms with E-state index in [0.717, 1.165) is 18.5 Å². The fourth-order valence-corrected chi connectivity index (χ4v) is 3.47. The summed E-state index contributed by atoms with van der Waals surface area (Å²) in [7, 11) is 3.24. The van der Waals surface area contributed by atoms with Crippen LogP contribution in [0.25, 0.3) is 0 Å². The van der Waals surface area contributed by atoms with Gasteiger partial charge in [0.2, 0.25) is 11.8 Å². The van der Waals surface area contributed by atoms with Crippen molar-refractivity contribution < 1.29 is 14.3 Å². The fourth-order valence-electron chi connectivity index (χ4n) is 3.47. The zero-order valence-corrected chi connectivity index (χ0v) is 16.6. The second-order valence-corrected chi connectivity index (χ2v) is 7.17. The van der Waals surface area contributed by atoms with Crippen LogP contribution in [-0.2, 0) is 16.0 Å². The molecule has 1 N–H and O–H groups in total. The smallest absolute Gasteiger partial charge is 0.243 e. The van der Waals surface area contributed by atoms with Gasteiger partial charge in [-0.2, -0.15) is 0 Å². The molecule has 2 aromatic carbocycles. The summed E-state index contributed by atoms with van der Waals surface area (Å²) in [5.74, 6) is 0.348. The van der Waals surface area contributed by atoms with Crippen molar-refractivity contribution in [2.75, 3.05) is 37.5 Å². The first kappa shape index (κ1) is 19.7. The number of likely N-dealkylation sites (N-methyl/N-ethyl adjacent to an activating group) is 1. The lowest BCUT2D eigenvalue weighted by molar-refractivity contribution is -0.132. The van der Waals surface area contributed by atoms with E-state index < -0.39 is 0 Å². The molecule has 0 spiro atoms. The van der Waals surface area contributed by atoms with Crippen LogP contribution in [0.15, 0.2) is 48.5 Å². The lowest BCUT2D eigenvalue weighted by atomic mass is 9.96. The lowest BCUT2D eigenvalue weighted by Gasteiger charge is -2.37. The van der Waals surface area contributed by atoms with E-state index in [1.54, 1.807) is 32.4 Å². The first-order valence-electron chi connectivity index (χ1n) is 9.50. The Bertz CT molecular complexity index is 852. The van der Waals surface area contributed by atoms with E-state index in [1.165, 1.54) is 10.5 Å². The van der Waals surface area contributed by atoms with Gasteiger partial charge < -0.3 is 19.9 Å². The molecule has 2 amide bonds. The molecule has 0 aromatic heterocycles. The van der Waals surface area contributed by atoms with Gasteiger partial charge in [0.1, 0.15) is 5.75 Å². The molecule has 1 aliphatic rings. The predicted molar refractivity (Wildman–Crippen MR) is 111 cm³/mol. The van der Waals surface area contributed by atoms with Gasteiger partial charge in [-0.15, -0.1) is 0 Å². The molecule has 6 heteroatoms. The monoisotopic (exact) mass is 381 g/mol. The highest BCUT2D eigenvalue weighted by Crippen LogP contribution is 2.30. The number of benzene rings is 2. The zero-order valence-electron chi connectivity index (χ0n) is 16.6.